The highest BCUT2D eigenvalue weighted by molar-refractivity contribution is 6.13. The van der Waals surface area contributed by atoms with Gasteiger partial charge in [-0.15, -0.1) is 0 Å². The topological polar surface area (TPSA) is 46.2 Å². The first-order valence-electron chi connectivity index (χ1n) is 6.16. The van der Waals surface area contributed by atoms with Gasteiger partial charge in [0.2, 0.25) is 5.91 Å². The number of ketones is 1. The lowest BCUT2D eigenvalue weighted by Crippen LogP contribution is -2.12. The number of halogens is 1. The second-order valence-electron chi connectivity index (χ2n) is 4.54. The van der Waals surface area contributed by atoms with Crippen molar-refractivity contribution in [2.45, 2.75) is 13.8 Å². The Morgan fingerprint density at radius 2 is 1.75 bits per heavy atom. The predicted molar refractivity (Wildman–Crippen MR) is 75.3 cm³/mol. The minimum absolute atomic E-state index is 0.00954. The van der Waals surface area contributed by atoms with Crippen molar-refractivity contribution in [3.8, 4) is 0 Å². The number of benzene rings is 2. The molecular weight excluding hydrogens is 257 g/mol. The van der Waals surface area contributed by atoms with Gasteiger partial charge in [-0.3, -0.25) is 9.59 Å². The van der Waals surface area contributed by atoms with Gasteiger partial charge in [0.15, 0.2) is 5.78 Å². The van der Waals surface area contributed by atoms with Gasteiger partial charge < -0.3 is 5.32 Å². The first-order valence-corrected chi connectivity index (χ1v) is 6.16. The number of carbonyl (C=O) groups is 2. The molecule has 2 aromatic rings. The molecule has 0 spiro atoms. The molecule has 0 atom stereocenters. The molecule has 0 aliphatic carbocycles. The summed E-state index contributed by atoms with van der Waals surface area (Å²) in [4.78, 5) is 23.6. The Hall–Kier alpha value is -2.49. The molecule has 2 rings (SSSR count). The molecule has 0 saturated heterocycles. The fourth-order valence-electron chi connectivity index (χ4n) is 1.94. The predicted octanol–water partition coefficient (Wildman–Crippen LogP) is 3.32. The van der Waals surface area contributed by atoms with E-state index in [-0.39, 0.29) is 17.0 Å². The van der Waals surface area contributed by atoms with E-state index in [0.717, 1.165) is 5.56 Å². The number of anilines is 1. The Labute approximate surface area is 116 Å². The summed E-state index contributed by atoms with van der Waals surface area (Å²) in [5.41, 5.74) is 1.52. The van der Waals surface area contributed by atoms with Crippen molar-refractivity contribution < 1.29 is 14.0 Å². The van der Waals surface area contributed by atoms with E-state index in [1.165, 1.54) is 25.1 Å². The monoisotopic (exact) mass is 271 g/mol. The van der Waals surface area contributed by atoms with Gasteiger partial charge in [0.1, 0.15) is 5.82 Å². The zero-order valence-corrected chi connectivity index (χ0v) is 11.2. The van der Waals surface area contributed by atoms with Crippen LogP contribution < -0.4 is 5.32 Å². The van der Waals surface area contributed by atoms with Gasteiger partial charge >= 0.3 is 0 Å². The molecule has 20 heavy (non-hydrogen) atoms. The molecule has 1 amide bonds. The molecule has 0 fully saturated rings. The maximum Gasteiger partial charge on any atom is 0.221 e. The molecule has 0 saturated carbocycles. The third-order valence-electron chi connectivity index (χ3n) is 2.85. The normalized spacial score (nSPS) is 10.2. The van der Waals surface area contributed by atoms with Gasteiger partial charge in [-0.1, -0.05) is 23.8 Å². The van der Waals surface area contributed by atoms with Crippen LogP contribution in [0.3, 0.4) is 0 Å². The van der Waals surface area contributed by atoms with Crippen LogP contribution in [0, 0.1) is 12.7 Å². The average Bonchev–Trinajstić information content (AvgIpc) is 2.40. The maximum absolute atomic E-state index is 13.7. The highest BCUT2D eigenvalue weighted by atomic mass is 19.1. The van der Waals surface area contributed by atoms with Crippen LogP contribution in [0.1, 0.15) is 28.4 Å². The third-order valence-corrected chi connectivity index (χ3v) is 2.85. The summed E-state index contributed by atoms with van der Waals surface area (Å²) in [6.07, 6.45) is 0. The summed E-state index contributed by atoms with van der Waals surface area (Å²) in [5, 5.41) is 2.59. The summed E-state index contributed by atoms with van der Waals surface area (Å²) >= 11 is 0. The highest BCUT2D eigenvalue weighted by Crippen LogP contribution is 2.22. The molecule has 102 valence electrons. The zero-order chi connectivity index (χ0) is 14.7. The lowest BCUT2D eigenvalue weighted by atomic mass is 9.99. The standard InChI is InChI=1S/C16H14FNO2/c1-10-7-8-15(18-11(2)19)13(9-10)16(20)12-5-3-4-6-14(12)17/h3-9H,1-2H3,(H,18,19). The van der Waals surface area contributed by atoms with Crippen molar-refractivity contribution >= 4 is 17.4 Å². The number of aryl methyl sites for hydroxylation is 1. The number of rotatable bonds is 3. The number of hydrogen-bond donors (Lipinski definition) is 1. The molecule has 3 nitrogen and oxygen atoms in total. The summed E-state index contributed by atoms with van der Waals surface area (Å²) in [6, 6.07) is 10.9. The van der Waals surface area contributed by atoms with E-state index in [4.69, 9.17) is 0 Å². The number of amides is 1. The summed E-state index contributed by atoms with van der Waals surface area (Å²) in [5.74, 6) is -1.31. The SMILES string of the molecule is CC(=O)Nc1ccc(C)cc1C(=O)c1ccccc1F. The van der Waals surface area contributed by atoms with Crippen LogP contribution in [0.4, 0.5) is 10.1 Å². The largest absolute Gasteiger partial charge is 0.326 e. The Balaban J connectivity index is 2.51. The number of hydrogen-bond acceptors (Lipinski definition) is 2. The van der Waals surface area contributed by atoms with Crippen LogP contribution >= 0.6 is 0 Å². The highest BCUT2D eigenvalue weighted by Gasteiger charge is 2.17. The second kappa shape index (κ2) is 5.65. The fourth-order valence-corrected chi connectivity index (χ4v) is 1.94. The first kappa shape index (κ1) is 13.9. The third kappa shape index (κ3) is 2.91. The van der Waals surface area contributed by atoms with Gasteiger partial charge in [0.05, 0.1) is 11.3 Å². The van der Waals surface area contributed by atoms with Gasteiger partial charge in [-0.25, -0.2) is 4.39 Å². The van der Waals surface area contributed by atoms with E-state index in [1.54, 1.807) is 24.3 Å². The second-order valence-corrected chi connectivity index (χ2v) is 4.54. The van der Waals surface area contributed by atoms with Gasteiger partial charge in [0.25, 0.3) is 0 Å². The van der Waals surface area contributed by atoms with E-state index in [9.17, 15) is 14.0 Å². The summed E-state index contributed by atoms with van der Waals surface area (Å²) in [6.45, 7) is 3.19. The van der Waals surface area contributed by atoms with Crippen molar-refractivity contribution in [3.63, 3.8) is 0 Å². The van der Waals surface area contributed by atoms with Crippen LogP contribution in [0.2, 0.25) is 0 Å². The van der Waals surface area contributed by atoms with Crippen molar-refractivity contribution in [1.29, 1.82) is 0 Å². The Kier molecular flexibility index (Phi) is 3.94. The Morgan fingerprint density at radius 3 is 2.40 bits per heavy atom. The van der Waals surface area contributed by atoms with E-state index < -0.39 is 11.6 Å². The molecule has 1 N–H and O–H groups in total. The molecule has 0 heterocycles. The lowest BCUT2D eigenvalue weighted by molar-refractivity contribution is -0.114. The first-order chi connectivity index (χ1) is 9.49. The van der Waals surface area contributed by atoms with E-state index >= 15 is 0 Å². The maximum atomic E-state index is 13.7. The number of carbonyl (C=O) groups excluding carboxylic acids is 2. The van der Waals surface area contributed by atoms with Gasteiger partial charge in [-0.2, -0.15) is 0 Å². The van der Waals surface area contributed by atoms with Gasteiger partial charge in [0, 0.05) is 12.5 Å². The number of nitrogens with one attached hydrogen (secondary N) is 1. The van der Waals surface area contributed by atoms with Crippen molar-refractivity contribution in [1.82, 2.24) is 0 Å². The molecule has 0 bridgehead atoms. The van der Waals surface area contributed by atoms with E-state index in [0.29, 0.717) is 5.69 Å². The Morgan fingerprint density at radius 1 is 1.05 bits per heavy atom. The molecule has 0 aliphatic rings. The van der Waals surface area contributed by atoms with E-state index in [1.807, 2.05) is 6.92 Å². The minimum atomic E-state index is -0.576. The summed E-state index contributed by atoms with van der Waals surface area (Å²) in [7, 11) is 0. The molecule has 0 aliphatic heterocycles. The van der Waals surface area contributed by atoms with Crippen molar-refractivity contribution in [2.75, 3.05) is 5.32 Å². The zero-order valence-electron chi connectivity index (χ0n) is 11.2. The molecular formula is C16H14FNO2. The quantitative estimate of drug-likeness (QED) is 0.870. The van der Waals surface area contributed by atoms with Crippen LogP contribution in [-0.4, -0.2) is 11.7 Å². The molecule has 0 unspecified atom stereocenters. The molecule has 4 heteroatoms. The smallest absolute Gasteiger partial charge is 0.221 e. The fraction of sp³-hybridized carbons (Fsp3) is 0.125. The molecule has 0 aromatic heterocycles. The average molecular weight is 271 g/mol. The van der Waals surface area contributed by atoms with Crippen LogP contribution in [0.15, 0.2) is 42.5 Å². The van der Waals surface area contributed by atoms with Crippen molar-refractivity contribution in [3.05, 3.63) is 65.0 Å². The van der Waals surface area contributed by atoms with Crippen LogP contribution in [0.5, 0.6) is 0 Å². The van der Waals surface area contributed by atoms with E-state index in [2.05, 4.69) is 5.32 Å². The lowest BCUT2D eigenvalue weighted by Gasteiger charge is -2.10. The Bertz CT molecular complexity index is 680. The summed E-state index contributed by atoms with van der Waals surface area (Å²) < 4.78 is 13.7. The van der Waals surface area contributed by atoms with Gasteiger partial charge in [-0.05, 0) is 31.2 Å². The van der Waals surface area contributed by atoms with Crippen LogP contribution in [0.25, 0.3) is 0 Å². The molecule has 2 aromatic carbocycles. The molecule has 0 radical (unpaired) electrons. The van der Waals surface area contributed by atoms with Crippen molar-refractivity contribution in [2.24, 2.45) is 0 Å². The minimum Gasteiger partial charge on any atom is -0.326 e. The van der Waals surface area contributed by atoms with Crippen LogP contribution in [-0.2, 0) is 4.79 Å².